The molecule has 0 unspecified atom stereocenters. The first-order chi connectivity index (χ1) is 25.7. The van der Waals surface area contributed by atoms with E-state index in [2.05, 4.69) is 20.8 Å². The Morgan fingerprint density at radius 3 is 1.18 bits per heavy atom. The van der Waals surface area contributed by atoms with Gasteiger partial charge >= 0.3 is 17.9 Å². The number of aryl methyl sites for hydroxylation is 1. The molecular formula is C50H78O6. The lowest BCUT2D eigenvalue weighted by atomic mass is 9.46. The first kappa shape index (κ1) is 47.2. The van der Waals surface area contributed by atoms with Gasteiger partial charge in [-0.25, -0.2) is 0 Å². The third-order valence-corrected chi connectivity index (χ3v) is 13.9. The Morgan fingerprint density at radius 2 is 0.839 bits per heavy atom. The maximum absolute atomic E-state index is 12.6. The summed E-state index contributed by atoms with van der Waals surface area (Å²) < 4.78 is 17.5. The topological polar surface area (TPSA) is 78.9 Å². The lowest BCUT2D eigenvalue weighted by Crippen LogP contribution is -2.58. The van der Waals surface area contributed by atoms with Crippen LogP contribution in [0, 0.1) is 46.3 Å². The Hall–Kier alpha value is -3.15. The van der Waals surface area contributed by atoms with Crippen molar-refractivity contribution in [1.82, 2.24) is 0 Å². The van der Waals surface area contributed by atoms with Gasteiger partial charge in [-0.2, -0.15) is 0 Å². The summed E-state index contributed by atoms with van der Waals surface area (Å²) in [5, 5.41) is 0. The number of hydrogen-bond donors (Lipinski definition) is 0. The number of esters is 3. The molecule has 2 aromatic carbocycles. The van der Waals surface area contributed by atoms with Gasteiger partial charge in [-0.05, 0) is 177 Å². The average molecular weight is 775 g/mol. The summed E-state index contributed by atoms with van der Waals surface area (Å²) in [5.41, 5.74) is 0.798. The SMILES string of the molecule is CCC(C)(C)C(=O)OC(C)(C)C12CC3CC(CC(C3)C1)C2.CCC(C)(C)C(=O)OC(C)(C)c1ccc(C)cc1.CCC(C)(C)C(=O)OC(C)(C)c1ccccc1. The van der Waals surface area contributed by atoms with Crippen molar-refractivity contribution in [1.29, 1.82) is 0 Å². The average Bonchev–Trinajstić information content (AvgIpc) is 3.11. The van der Waals surface area contributed by atoms with E-state index in [9.17, 15) is 14.4 Å². The maximum atomic E-state index is 12.6. The monoisotopic (exact) mass is 775 g/mol. The van der Waals surface area contributed by atoms with E-state index in [1.807, 2.05) is 145 Å². The number of hydrogen-bond acceptors (Lipinski definition) is 6. The van der Waals surface area contributed by atoms with E-state index in [0.29, 0.717) is 0 Å². The minimum atomic E-state index is -0.586. The molecule has 4 aliphatic carbocycles. The standard InChI is InChI=1S/C19H32O2.C16H24O2.C15H22O2/c1-6-17(2,3)16(20)21-18(4,5)19-10-13-7-14(11-19)9-15(8-13)12-19;1-7-15(3,4)14(17)18-16(5,6)13-10-8-12(2)9-11-13;1-6-14(2,3)13(16)17-15(4,5)12-10-8-7-9-11-12/h13-15H,6-12H2,1-5H3;8-11H,7H2,1-6H3;7-11H,6H2,1-5H3. The minimum Gasteiger partial charge on any atom is -0.459 e. The van der Waals surface area contributed by atoms with E-state index in [-0.39, 0.29) is 34.3 Å². The van der Waals surface area contributed by atoms with Gasteiger partial charge in [0.2, 0.25) is 0 Å². The fourth-order valence-electron chi connectivity index (χ4n) is 8.41. The molecule has 4 saturated carbocycles. The van der Waals surface area contributed by atoms with E-state index < -0.39 is 22.0 Å². The Kier molecular flexibility index (Phi) is 15.0. The molecule has 0 saturated heterocycles. The zero-order valence-electron chi connectivity index (χ0n) is 38.2. The van der Waals surface area contributed by atoms with Crippen molar-refractivity contribution in [2.45, 2.75) is 185 Å². The Morgan fingerprint density at radius 1 is 0.518 bits per heavy atom. The van der Waals surface area contributed by atoms with Crippen molar-refractivity contribution in [3.05, 3.63) is 71.3 Å². The van der Waals surface area contributed by atoms with Crippen LogP contribution in [0.2, 0.25) is 0 Å². The Balaban J connectivity index is 0.000000227. The van der Waals surface area contributed by atoms with Gasteiger partial charge in [0, 0.05) is 5.41 Å². The van der Waals surface area contributed by atoms with Gasteiger partial charge in [0.25, 0.3) is 0 Å². The van der Waals surface area contributed by atoms with Crippen molar-refractivity contribution in [2.75, 3.05) is 0 Å². The molecule has 0 N–H and O–H groups in total. The first-order valence-electron chi connectivity index (χ1n) is 21.5. The fraction of sp³-hybridized carbons (Fsp3) is 0.700. The predicted octanol–water partition coefficient (Wildman–Crippen LogP) is 13.1. The Labute approximate surface area is 341 Å². The summed E-state index contributed by atoms with van der Waals surface area (Å²) in [6.45, 7) is 31.9. The van der Waals surface area contributed by atoms with Gasteiger partial charge in [0.05, 0.1) is 16.2 Å². The summed E-state index contributed by atoms with van der Waals surface area (Å²) in [7, 11) is 0. The number of ether oxygens (including phenoxy) is 3. The summed E-state index contributed by atoms with van der Waals surface area (Å²) in [6, 6.07) is 17.9. The van der Waals surface area contributed by atoms with Crippen molar-refractivity contribution in [2.24, 2.45) is 39.4 Å². The second kappa shape index (κ2) is 17.8. The van der Waals surface area contributed by atoms with Gasteiger partial charge in [0.15, 0.2) is 0 Å². The number of carbonyl (C=O) groups is 3. The molecule has 0 aromatic heterocycles. The zero-order chi connectivity index (χ0) is 42.5. The molecule has 0 amide bonds. The first-order valence-corrected chi connectivity index (χ1v) is 21.5. The summed E-state index contributed by atoms with van der Waals surface area (Å²) in [6.07, 6.45) is 10.5. The molecule has 0 heterocycles. The molecule has 4 aliphatic rings. The second-order valence-electron chi connectivity index (χ2n) is 20.8. The van der Waals surface area contributed by atoms with Crippen LogP contribution in [0.25, 0.3) is 0 Å². The molecule has 0 atom stereocenters. The Bertz CT molecular complexity index is 1570. The number of carbonyl (C=O) groups excluding carboxylic acids is 3. The number of benzene rings is 2. The molecule has 314 valence electrons. The molecule has 0 aliphatic heterocycles. The molecule has 0 spiro atoms. The van der Waals surface area contributed by atoms with Crippen LogP contribution in [0.5, 0.6) is 0 Å². The highest BCUT2D eigenvalue weighted by molar-refractivity contribution is 5.77. The fourth-order valence-corrected chi connectivity index (χ4v) is 8.41. The van der Waals surface area contributed by atoms with Crippen molar-refractivity contribution in [3.8, 4) is 0 Å². The lowest BCUT2D eigenvalue weighted by Gasteiger charge is -2.61. The molecule has 2 aromatic rings. The van der Waals surface area contributed by atoms with E-state index in [4.69, 9.17) is 14.2 Å². The lowest BCUT2D eigenvalue weighted by molar-refractivity contribution is -0.206. The normalized spacial score (nSPS) is 22.2. The summed E-state index contributed by atoms with van der Waals surface area (Å²) in [4.78, 5) is 36.8. The predicted molar refractivity (Wildman–Crippen MR) is 229 cm³/mol. The van der Waals surface area contributed by atoms with Gasteiger partial charge < -0.3 is 14.2 Å². The summed E-state index contributed by atoms with van der Waals surface area (Å²) in [5.74, 6) is 2.39. The molecule has 6 rings (SSSR count). The van der Waals surface area contributed by atoms with Crippen LogP contribution in [-0.2, 0) is 39.8 Å². The van der Waals surface area contributed by atoms with Crippen LogP contribution >= 0.6 is 0 Å². The van der Waals surface area contributed by atoms with Crippen molar-refractivity contribution in [3.63, 3.8) is 0 Å². The van der Waals surface area contributed by atoms with Crippen LogP contribution < -0.4 is 0 Å². The van der Waals surface area contributed by atoms with E-state index in [1.165, 1.54) is 44.1 Å². The largest absolute Gasteiger partial charge is 0.459 e. The van der Waals surface area contributed by atoms with Gasteiger partial charge in [-0.1, -0.05) is 80.9 Å². The van der Waals surface area contributed by atoms with E-state index >= 15 is 0 Å². The summed E-state index contributed by atoms with van der Waals surface area (Å²) >= 11 is 0. The van der Waals surface area contributed by atoms with Crippen molar-refractivity contribution >= 4 is 17.9 Å². The highest BCUT2D eigenvalue weighted by Gasteiger charge is 2.59. The quantitative estimate of drug-likeness (QED) is 0.158. The minimum absolute atomic E-state index is 0.00857. The van der Waals surface area contributed by atoms with Gasteiger partial charge in [-0.15, -0.1) is 0 Å². The maximum Gasteiger partial charge on any atom is 0.312 e. The highest BCUT2D eigenvalue weighted by Crippen LogP contribution is 2.64. The highest BCUT2D eigenvalue weighted by atomic mass is 16.6. The third kappa shape index (κ3) is 11.5. The van der Waals surface area contributed by atoms with E-state index in [0.717, 1.165) is 48.1 Å². The zero-order valence-corrected chi connectivity index (χ0v) is 38.2. The van der Waals surface area contributed by atoms with E-state index in [1.54, 1.807) is 0 Å². The van der Waals surface area contributed by atoms with Gasteiger partial charge in [0.1, 0.15) is 16.8 Å². The van der Waals surface area contributed by atoms with Crippen LogP contribution in [0.3, 0.4) is 0 Å². The van der Waals surface area contributed by atoms with Gasteiger partial charge in [-0.3, -0.25) is 14.4 Å². The van der Waals surface area contributed by atoms with Crippen LogP contribution in [0.4, 0.5) is 0 Å². The number of rotatable bonds is 12. The second-order valence-corrected chi connectivity index (χ2v) is 20.8. The van der Waals surface area contributed by atoms with Crippen LogP contribution in [0.15, 0.2) is 54.6 Å². The molecule has 4 fully saturated rings. The molecule has 6 heteroatoms. The molecule has 56 heavy (non-hydrogen) atoms. The third-order valence-electron chi connectivity index (χ3n) is 13.9. The molecule has 6 nitrogen and oxygen atoms in total. The molecule has 0 radical (unpaired) electrons. The van der Waals surface area contributed by atoms with Crippen LogP contribution in [0.1, 0.15) is 178 Å². The smallest absolute Gasteiger partial charge is 0.312 e. The molecular weight excluding hydrogens is 697 g/mol. The molecule has 4 bridgehead atoms. The van der Waals surface area contributed by atoms with Crippen LogP contribution in [-0.4, -0.2) is 23.5 Å². The van der Waals surface area contributed by atoms with Crippen molar-refractivity contribution < 1.29 is 28.6 Å².